The van der Waals surface area contributed by atoms with Gasteiger partial charge < -0.3 is 15.1 Å². The van der Waals surface area contributed by atoms with Gasteiger partial charge in [-0.3, -0.25) is 14.4 Å². The normalized spacial score (nSPS) is 14.4. The van der Waals surface area contributed by atoms with E-state index >= 15 is 0 Å². The Morgan fingerprint density at radius 2 is 1.58 bits per heavy atom. The van der Waals surface area contributed by atoms with Crippen LogP contribution in [0.5, 0.6) is 0 Å². The van der Waals surface area contributed by atoms with Crippen molar-refractivity contribution < 1.29 is 14.4 Å². The first-order chi connectivity index (χ1) is 11.5. The number of nitrogens with zero attached hydrogens (tertiary/aromatic N) is 2. The molecule has 24 heavy (non-hydrogen) atoms. The Labute approximate surface area is 142 Å². The first-order valence-electron chi connectivity index (χ1n) is 8.46. The highest BCUT2D eigenvalue weighted by molar-refractivity contribution is 5.95. The molecule has 0 saturated carbocycles. The van der Waals surface area contributed by atoms with Crippen LogP contribution in [0.4, 0.5) is 5.69 Å². The molecule has 0 atom stereocenters. The maximum atomic E-state index is 12.5. The second kappa shape index (κ2) is 8.47. The smallest absolute Gasteiger partial charge is 0.253 e. The lowest BCUT2D eigenvalue weighted by Crippen LogP contribution is -2.50. The molecule has 3 amide bonds. The second-order valence-corrected chi connectivity index (χ2v) is 6.04. The average Bonchev–Trinajstić information content (AvgIpc) is 2.59. The summed E-state index contributed by atoms with van der Waals surface area (Å²) in [7, 11) is 0. The van der Waals surface area contributed by atoms with Crippen molar-refractivity contribution in [2.75, 3.05) is 31.5 Å². The van der Waals surface area contributed by atoms with E-state index in [0.717, 1.165) is 12.8 Å². The third-order valence-electron chi connectivity index (χ3n) is 4.12. The third kappa shape index (κ3) is 4.81. The van der Waals surface area contributed by atoms with Crippen LogP contribution in [-0.4, -0.2) is 53.7 Å². The molecule has 0 aliphatic carbocycles. The molecule has 0 spiro atoms. The van der Waals surface area contributed by atoms with E-state index < -0.39 is 0 Å². The quantitative estimate of drug-likeness (QED) is 0.898. The van der Waals surface area contributed by atoms with Crippen LogP contribution in [0.1, 0.15) is 43.5 Å². The molecule has 0 radical (unpaired) electrons. The lowest BCUT2D eigenvalue weighted by molar-refractivity contribution is -0.132. The van der Waals surface area contributed by atoms with E-state index in [9.17, 15) is 14.4 Å². The fourth-order valence-corrected chi connectivity index (χ4v) is 2.73. The summed E-state index contributed by atoms with van der Waals surface area (Å²) in [5.74, 6) is 0.00609. The average molecular weight is 331 g/mol. The fraction of sp³-hybridized carbons (Fsp3) is 0.500. The number of anilines is 1. The minimum absolute atomic E-state index is 0.0370. The van der Waals surface area contributed by atoms with Crippen LogP contribution < -0.4 is 5.32 Å². The zero-order chi connectivity index (χ0) is 17.5. The van der Waals surface area contributed by atoms with Crippen molar-refractivity contribution in [2.45, 2.75) is 33.1 Å². The standard InChI is InChI=1S/C18H25N3O3/c1-3-4-5-17(23)20-10-12-21(13-11-20)18(24)15-6-8-16(9-7-15)19-14(2)22/h6-9H,3-5,10-13H2,1-2H3,(H,19,22). The SMILES string of the molecule is CCCCC(=O)N1CCN(C(=O)c2ccc(NC(C)=O)cc2)CC1. The lowest BCUT2D eigenvalue weighted by Gasteiger charge is -2.35. The Balaban J connectivity index is 1.88. The molecule has 1 aliphatic heterocycles. The topological polar surface area (TPSA) is 69.7 Å². The minimum atomic E-state index is -0.141. The van der Waals surface area contributed by atoms with E-state index in [2.05, 4.69) is 12.2 Å². The zero-order valence-electron chi connectivity index (χ0n) is 14.4. The molecular formula is C18H25N3O3. The van der Waals surface area contributed by atoms with Crippen LogP contribution in [0.3, 0.4) is 0 Å². The van der Waals surface area contributed by atoms with E-state index in [1.165, 1.54) is 6.92 Å². The van der Waals surface area contributed by atoms with Gasteiger partial charge in [-0.2, -0.15) is 0 Å². The Hall–Kier alpha value is -2.37. The van der Waals surface area contributed by atoms with Gasteiger partial charge in [0.05, 0.1) is 0 Å². The van der Waals surface area contributed by atoms with Gasteiger partial charge in [0.25, 0.3) is 5.91 Å². The van der Waals surface area contributed by atoms with E-state index in [4.69, 9.17) is 0 Å². The first kappa shape index (κ1) is 18.0. The molecule has 130 valence electrons. The molecule has 0 aromatic heterocycles. The van der Waals surface area contributed by atoms with Crippen molar-refractivity contribution in [2.24, 2.45) is 0 Å². The molecule has 2 rings (SSSR count). The van der Waals surface area contributed by atoms with Crippen LogP contribution in [0.15, 0.2) is 24.3 Å². The molecule has 1 fully saturated rings. The highest BCUT2D eigenvalue weighted by Crippen LogP contribution is 2.14. The lowest BCUT2D eigenvalue weighted by atomic mass is 10.1. The maximum Gasteiger partial charge on any atom is 0.253 e. The summed E-state index contributed by atoms with van der Waals surface area (Å²) in [6, 6.07) is 6.87. The summed E-state index contributed by atoms with van der Waals surface area (Å²) in [6.45, 7) is 5.83. The number of carbonyl (C=O) groups excluding carboxylic acids is 3. The van der Waals surface area contributed by atoms with Crippen LogP contribution in [-0.2, 0) is 9.59 Å². The van der Waals surface area contributed by atoms with Crippen LogP contribution in [0.2, 0.25) is 0 Å². The van der Waals surface area contributed by atoms with Crippen molar-refractivity contribution in [1.82, 2.24) is 9.80 Å². The summed E-state index contributed by atoms with van der Waals surface area (Å²) >= 11 is 0. The number of hydrogen-bond acceptors (Lipinski definition) is 3. The largest absolute Gasteiger partial charge is 0.339 e. The molecular weight excluding hydrogens is 306 g/mol. The highest BCUT2D eigenvalue weighted by atomic mass is 16.2. The van der Waals surface area contributed by atoms with Gasteiger partial charge in [0.2, 0.25) is 11.8 Å². The molecule has 1 aromatic rings. The Morgan fingerprint density at radius 3 is 2.12 bits per heavy atom. The van der Waals surface area contributed by atoms with Gasteiger partial charge in [0.1, 0.15) is 0 Å². The van der Waals surface area contributed by atoms with Gasteiger partial charge in [0.15, 0.2) is 0 Å². The number of piperazine rings is 1. The van der Waals surface area contributed by atoms with Crippen LogP contribution >= 0.6 is 0 Å². The van der Waals surface area contributed by atoms with Gasteiger partial charge >= 0.3 is 0 Å². The van der Waals surface area contributed by atoms with Gasteiger partial charge in [-0.05, 0) is 30.7 Å². The Morgan fingerprint density at radius 1 is 1.00 bits per heavy atom. The third-order valence-corrected chi connectivity index (χ3v) is 4.12. The fourth-order valence-electron chi connectivity index (χ4n) is 2.73. The Bertz CT molecular complexity index is 590. The number of rotatable bonds is 5. The highest BCUT2D eigenvalue weighted by Gasteiger charge is 2.24. The minimum Gasteiger partial charge on any atom is -0.339 e. The van der Waals surface area contributed by atoms with Gasteiger partial charge in [-0.15, -0.1) is 0 Å². The zero-order valence-corrected chi connectivity index (χ0v) is 14.4. The molecule has 1 aliphatic rings. The van der Waals surface area contributed by atoms with Crippen molar-refractivity contribution in [3.05, 3.63) is 29.8 Å². The second-order valence-electron chi connectivity index (χ2n) is 6.04. The van der Waals surface area contributed by atoms with E-state index in [1.54, 1.807) is 29.2 Å². The van der Waals surface area contributed by atoms with E-state index in [0.29, 0.717) is 43.9 Å². The monoisotopic (exact) mass is 331 g/mol. The number of benzene rings is 1. The number of amides is 3. The van der Waals surface area contributed by atoms with Gasteiger partial charge in [-0.1, -0.05) is 13.3 Å². The molecule has 6 nitrogen and oxygen atoms in total. The summed E-state index contributed by atoms with van der Waals surface area (Å²) in [5, 5.41) is 2.68. The van der Waals surface area contributed by atoms with Crippen LogP contribution in [0.25, 0.3) is 0 Å². The predicted octanol–water partition coefficient (Wildman–Crippen LogP) is 2.12. The number of hydrogen-bond donors (Lipinski definition) is 1. The van der Waals surface area contributed by atoms with Gasteiger partial charge in [0, 0.05) is 50.8 Å². The van der Waals surface area contributed by atoms with Crippen molar-refractivity contribution in [3.8, 4) is 0 Å². The summed E-state index contributed by atoms with van der Waals surface area (Å²) < 4.78 is 0. The van der Waals surface area contributed by atoms with Crippen LogP contribution in [0, 0.1) is 0 Å². The predicted molar refractivity (Wildman–Crippen MR) is 92.8 cm³/mol. The summed E-state index contributed by atoms with van der Waals surface area (Å²) in [5.41, 5.74) is 1.26. The number of carbonyl (C=O) groups is 3. The molecule has 0 unspecified atom stereocenters. The first-order valence-corrected chi connectivity index (χ1v) is 8.46. The number of unbranched alkanes of at least 4 members (excludes halogenated alkanes) is 1. The van der Waals surface area contributed by atoms with Crippen molar-refractivity contribution in [3.63, 3.8) is 0 Å². The van der Waals surface area contributed by atoms with Crippen molar-refractivity contribution >= 4 is 23.4 Å². The van der Waals surface area contributed by atoms with E-state index in [-0.39, 0.29) is 17.7 Å². The Kier molecular flexibility index (Phi) is 6.35. The summed E-state index contributed by atoms with van der Waals surface area (Å²) in [4.78, 5) is 39.2. The molecule has 0 bridgehead atoms. The van der Waals surface area contributed by atoms with Gasteiger partial charge in [-0.25, -0.2) is 0 Å². The molecule has 1 N–H and O–H groups in total. The maximum absolute atomic E-state index is 12.5. The molecule has 1 heterocycles. The van der Waals surface area contributed by atoms with Crippen molar-refractivity contribution in [1.29, 1.82) is 0 Å². The molecule has 6 heteroatoms. The number of nitrogens with one attached hydrogen (secondary N) is 1. The molecule has 1 saturated heterocycles. The summed E-state index contributed by atoms with van der Waals surface area (Å²) in [6.07, 6.45) is 2.52. The molecule has 1 aromatic carbocycles. The van der Waals surface area contributed by atoms with E-state index in [1.807, 2.05) is 4.90 Å².